The predicted octanol–water partition coefficient (Wildman–Crippen LogP) is 5.27. The number of Topliss-reactive ketones (excluding diaryl/α,β-unsaturated/α-hetero) is 1. The molecule has 1 aliphatic carbocycles. The lowest BCUT2D eigenvalue weighted by atomic mass is 9.96. The van der Waals surface area contributed by atoms with E-state index in [4.69, 9.17) is 32.7 Å². The summed E-state index contributed by atoms with van der Waals surface area (Å²) in [5.74, 6) is -3.01. The molecule has 1 fully saturated rings. The van der Waals surface area contributed by atoms with E-state index in [1.807, 2.05) is 0 Å². The summed E-state index contributed by atoms with van der Waals surface area (Å²) in [5.41, 5.74) is -1.66. The number of hydrogen-bond donors (Lipinski definition) is 2. The zero-order chi connectivity index (χ0) is 28.9. The average molecular weight is 584 g/mol. The number of amides is 1. The average Bonchev–Trinajstić information content (AvgIpc) is 3.61. The normalized spacial score (nSPS) is 14.5. The molecule has 3 rings (SSSR count). The van der Waals surface area contributed by atoms with Gasteiger partial charge in [-0.15, -0.1) is 0 Å². The quantitative estimate of drug-likeness (QED) is 0.176. The van der Waals surface area contributed by atoms with Crippen LogP contribution >= 0.6 is 23.2 Å². The summed E-state index contributed by atoms with van der Waals surface area (Å²) in [7, 11) is 2.59. The van der Waals surface area contributed by atoms with Gasteiger partial charge in [-0.1, -0.05) is 69.2 Å². The van der Waals surface area contributed by atoms with Crippen LogP contribution in [-0.4, -0.2) is 45.6 Å². The lowest BCUT2D eigenvalue weighted by Crippen LogP contribution is -2.41. The van der Waals surface area contributed by atoms with Crippen molar-refractivity contribution in [3.05, 3.63) is 38.2 Å². The molecule has 214 valence electrons. The minimum absolute atomic E-state index is 0.00636. The number of ketones is 1. The summed E-state index contributed by atoms with van der Waals surface area (Å²) in [6.45, 7) is 4.05. The number of methoxy groups -OCH3 is 1. The molecule has 39 heavy (non-hydrogen) atoms. The standard InChI is InChI=1S/C27H35Cl2N3O7/c1-5-6-7-8-9-10-13-39-25(36)16-14-19(18(29)15-17(16)28)30-22(34)20(21(33)27(2)11-12-27)32-23(35)24(38-4)31(3)26(32)37/h14-15,20,35H,5-13H2,1-4H3,(H,30,34). The van der Waals surface area contributed by atoms with Crippen molar-refractivity contribution in [2.24, 2.45) is 12.5 Å². The lowest BCUT2D eigenvalue weighted by molar-refractivity contribution is -0.133. The van der Waals surface area contributed by atoms with Crippen molar-refractivity contribution in [3.8, 4) is 11.8 Å². The first-order chi connectivity index (χ1) is 18.5. The Morgan fingerprint density at radius 3 is 2.33 bits per heavy atom. The number of aromatic nitrogens is 2. The number of anilines is 1. The Morgan fingerprint density at radius 2 is 1.74 bits per heavy atom. The Balaban J connectivity index is 1.84. The number of imidazole rings is 1. The van der Waals surface area contributed by atoms with Crippen LogP contribution in [0.2, 0.25) is 10.0 Å². The Kier molecular flexibility index (Phi) is 10.1. The molecular formula is C27H35Cl2N3O7. The molecule has 10 nitrogen and oxygen atoms in total. The van der Waals surface area contributed by atoms with Crippen molar-refractivity contribution in [2.75, 3.05) is 19.0 Å². The lowest BCUT2D eigenvalue weighted by Gasteiger charge is -2.21. The summed E-state index contributed by atoms with van der Waals surface area (Å²) in [6.07, 6.45) is 7.24. The third-order valence-corrected chi connectivity index (χ3v) is 7.65. The van der Waals surface area contributed by atoms with Crippen LogP contribution in [0.4, 0.5) is 5.69 Å². The van der Waals surface area contributed by atoms with Gasteiger partial charge < -0.3 is 19.9 Å². The van der Waals surface area contributed by atoms with E-state index in [-0.39, 0.29) is 33.8 Å². The first-order valence-corrected chi connectivity index (χ1v) is 13.8. The second kappa shape index (κ2) is 12.9. The van der Waals surface area contributed by atoms with E-state index in [9.17, 15) is 24.3 Å². The Morgan fingerprint density at radius 1 is 1.10 bits per heavy atom. The van der Waals surface area contributed by atoms with E-state index >= 15 is 0 Å². The molecule has 1 saturated carbocycles. The maximum atomic E-state index is 13.5. The molecule has 2 N–H and O–H groups in total. The van der Waals surface area contributed by atoms with E-state index in [1.54, 1.807) is 6.92 Å². The zero-order valence-electron chi connectivity index (χ0n) is 22.6. The molecule has 1 heterocycles. The maximum Gasteiger partial charge on any atom is 0.339 e. The number of carbonyl (C=O) groups excluding carboxylic acids is 3. The van der Waals surface area contributed by atoms with Crippen LogP contribution in [-0.2, 0) is 21.4 Å². The van der Waals surface area contributed by atoms with Gasteiger partial charge in [0.05, 0.1) is 35.0 Å². The summed E-state index contributed by atoms with van der Waals surface area (Å²) < 4.78 is 12.1. The molecule has 1 atom stereocenters. The van der Waals surface area contributed by atoms with Gasteiger partial charge >= 0.3 is 11.7 Å². The number of ether oxygens (including phenoxy) is 2. The topological polar surface area (TPSA) is 129 Å². The van der Waals surface area contributed by atoms with E-state index in [0.29, 0.717) is 23.8 Å². The maximum absolute atomic E-state index is 13.5. The second-order valence-corrected chi connectivity index (χ2v) is 10.9. The number of benzene rings is 1. The van der Waals surface area contributed by atoms with Crippen molar-refractivity contribution >= 4 is 46.5 Å². The fraction of sp³-hybridized carbons (Fsp3) is 0.556. The number of esters is 1. The van der Waals surface area contributed by atoms with Gasteiger partial charge in [0.2, 0.25) is 0 Å². The number of aromatic hydroxyl groups is 1. The van der Waals surface area contributed by atoms with Gasteiger partial charge in [-0.2, -0.15) is 0 Å². The van der Waals surface area contributed by atoms with Crippen LogP contribution in [0.1, 0.15) is 81.6 Å². The molecule has 1 unspecified atom stereocenters. The van der Waals surface area contributed by atoms with Crippen molar-refractivity contribution in [2.45, 2.75) is 71.3 Å². The van der Waals surface area contributed by atoms with Crippen LogP contribution in [0.15, 0.2) is 16.9 Å². The first kappa shape index (κ1) is 30.6. The number of carbonyl (C=O) groups is 3. The number of nitrogens with one attached hydrogen (secondary N) is 1. The molecule has 0 spiro atoms. The van der Waals surface area contributed by atoms with Crippen LogP contribution in [0.5, 0.6) is 11.8 Å². The van der Waals surface area contributed by atoms with E-state index in [2.05, 4.69) is 12.2 Å². The van der Waals surface area contributed by atoms with Crippen molar-refractivity contribution in [3.63, 3.8) is 0 Å². The molecule has 1 aromatic heterocycles. The highest BCUT2D eigenvalue weighted by molar-refractivity contribution is 6.38. The molecule has 1 aliphatic rings. The van der Waals surface area contributed by atoms with Gasteiger partial charge in [-0.05, 0) is 31.4 Å². The van der Waals surface area contributed by atoms with Gasteiger partial charge in [0, 0.05) is 12.5 Å². The van der Waals surface area contributed by atoms with Crippen molar-refractivity contribution in [1.82, 2.24) is 9.13 Å². The highest BCUT2D eigenvalue weighted by Crippen LogP contribution is 2.49. The van der Waals surface area contributed by atoms with E-state index in [0.717, 1.165) is 30.3 Å². The van der Waals surface area contributed by atoms with Crippen LogP contribution in [0.25, 0.3) is 0 Å². The predicted molar refractivity (Wildman–Crippen MR) is 148 cm³/mol. The minimum Gasteiger partial charge on any atom is -0.491 e. The Bertz CT molecular complexity index is 1300. The highest BCUT2D eigenvalue weighted by atomic mass is 35.5. The zero-order valence-corrected chi connectivity index (χ0v) is 24.2. The first-order valence-electron chi connectivity index (χ1n) is 13.0. The number of nitrogens with zero attached hydrogens (tertiary/aromatic N) is 2. The molecule has 2 aromatic rings. The number of halogens is 2. The summed E-state index contributed by atoms with van der Waals surface area (Å²) in [5, 5.41) is 13.2. The molecule has 1 amide bonds. The molecule has 0 saturated heterocycles. The van der Waals surface area contributed by atoms with Gasteiger partial charge in [0.25, 0.3) is 17.7 Å². The molecule has 0 radical (unpaired) electrons. The highest BCUT2D eigenvalue weighted by Gasteiger charge is 2.51. The summed E-state index contributed by atoms with van der Waals surface area (Å²) in [4.78, 5) is 52.6. The SMILES string of the molecule is CCCCCCCCOC(=O)c1cc(NC(=O)C(C(=O)C2(C)CC2)n2c(O)c(OC)n(C)c2=O)c(Cl)cc1Cl. The largest absolute Gasteiger partial charge is 0.491 e. The summed E-state index contributed by atoms with van der Waals surface area (Å²) >= 11 is 12.5. The molecule has 0 bridgehead atoms. The van der Waals surface area contributed by atoms with Gasteiger partial charge in [0.15, 0.2) is 11.8 Å². The van der Waals surface area contributed by atoms with Crippen LogP contribution in [0.3, 0.4) is 0 Å². The van der Waals surface area contributed by atoms with E-state index in [1.165, 1.54) is 32.7 Å². The Hall–Kier alpha value is -2.98. The van der Waals surface area contributed by atoms with Gasteiger partial charge in [0.1, 0.15) is 0 Å². The van der Waals surface area contributed by atoms with Crippen molar-refractivity contribution < 1.29 is 29.0 Å². The molecule has 0 aliphatic heterocycles. The molecule has 1 aromatic carbocycles. The van der Waals surface area contributed by atoms with Gasteiger partial charge in [-0.25, -0.2) is 14.2 Å². The minimum atomic E-state index is -1.71. The molecular weight excluding hydrogens is 549 g/mol. The number of rotatable bonds is 14. The Labute approximate surface area is 237 Å². The second-order valence-electron chi connectivity index (χ2n) is 10.1. The monoisotopic (exact) mass is 583 g/mol. The smallest absolute Gasteiger partial charge is 0.339 e. The third kappa shape index (κ3) is 6.78. The van der Waals surface area contributed by atoms with E-state index < -0.39 is 40.7 Å². The fourth-order valence-electron chi connectivity index (χ4n) is 4.30. The molecule has 12 heteroatoms. The number of unbranched alkanes of at least 4 members (excludes halogenated alkanes) is 5. The fourth-order valence-corrected chi connectivity index (χ4v) is 4.81. The number of hydrogen-bond acceptors (Lipinski definition) is 7. The van der Waals surface area contributed by atoms with Crippen LogP contribution < -0.4 is 15.7 Å². The third-order valence-electron chi connectivity index (χ3n) is 7.03. The van der Waals surface area contributed by atoms with Crippen LogP contribution in [0, 0.1) is 5.41 Å². The van der Waals surface area contributed by atoms with Gasteiger partial charge in [-0.3, -0.25) is 14.2 Å². The van der Waals surface area contributed by atoms with Crippen molar-refractivity contribution in [1.29, 1.82) is 0 Å². The summed E-state index contributed by atoms with van der Waals surface area (Å²) in [6, 6.07) is 0.838.